The van der Waals surface area contributed by atoms with Crippen LogP contribution in [0.5, 0.6) is 0 Å². The summed E-state index contributed by atoms with van der Waals surface area (Å²) in [4.78, 5) is 23.6. The molecule has 0 aromatic rings. The number of carbonyl (C=O) groups is 2. The zero-order valence-electron chi connectivity index (χ0n) is 8.88. The van der Waals surface area contributed by atoms with E-state index in [0.29, 0.717) is 26.1 Å². The Kier molecular flexibility index (Phi) is 6.45. The van der Waals surface area contributed by atoms with Gasteiger partial charge in [-0.25, -0.2) is 0 Å². The van der Waals surface area contributed by atoms with Gasteiger partial charge in [-0.05, 0) is 0 Å². The molecule has 80 valence electrons. The molecule has 0 rings (SSSR count). The molecule has 0 radical (unpaired) electrons. The van der Waals surface area contributed by atoms with Crippen molar-refractivity contribution in [1.29, 1.82) is 0 Å². The molecular formula is C10H18N2O2. The Balaban J connectivity index is 3.76. The van der Waals surface area contributed by atoms with E-state index in [-0.39, 0.29) is 11.8 Å². The summed E-state index contributed by atoms with van der Waals surface area (Å²) in [5.74, 6) is 0.00255. The van der Waals surface area contributed by atoms with Crippen molar-refractivity contribution >= 4 is 11.8 Å². The number of hydrogen-bond acceptors (Lipinski definition) is 2. The molecular weight excluding hydrogens is 180 g/mol. The van der Waals surface area contributed by atoms with Crippen molar-refractivity contribution in [1.82, 2.24) is 10.2 Å². The molecule has 1 N–H and O–H groups in total. The molecule has 0 bridgehead atoms. The number of nitrogens with zero attached hydrogens (tertiary/aromatic N) is 1. The highest BCUT2D eigenvalue weighted by molar-refractivity contribution is 5.76. The normalized spacial score (nSPS) is 9.29. The van der Waals surface area contributed by atoms with Crippen molar-refractivity contribution in [2.45, 2.75) is 20.3 Å². The van der Waals surface area contributed by atoms with E-state index < -0.39 is 0 Å². The van der Waals surface area contributed by atoms with Gasteiger partial charge in [-0.15, -0.1) is 6.58 Å². The van der Waals surface area contributed by atoms with E-state index in [2.05, 4.69) is 11.9 Å². The summed E-state index contributed by atoms with van der Waals surface area (Å²) in [6.07, 6.45) is 2.14. The average Bonchev–Trinajstić information content (AvgIpc) is 2.16. The highest BCUT2D eigenvalue weighted by atomic mass is 16.2. The van der Waals surface area contributed by atoms with Gasteiger partial charge in [0.2, 0.25) is 11.8 Å². The minimum absolute atomic E-state index is 0.00403. The molecule has 14 heavy (non-hydrogen) atoms. The first kappa shape index (κ1) is 12.7. The quantitative estimate of drug-likeness (QED) is 0.633. The second-order valence-corrected chi connectivity index (χ2v) is 2.96. The van der Waals surface area contributed by atoms with Gasteiger partial charge < -0.3 is 10.2 Å². The molecule has 4 nitrogen and oxygen atoms in total. The first-order chi connectivity index (χ1) is 6.61. The Bertz CT molecular complexity index is 214. The molecule has 0 aliphatic heterocycles. The molecule has 0 heterocycles. The Hall–Kier alpha value is -1.32. The number of nitrogens with one attached hydrogen (secondary N) is 1. The standard InChI is InChI=1S/C10H18N2O2/c1-4-7-12(9(3)13)8-6-11-10(14)5-2/h4H,1,5-8H2,2-3H3,(H,11,14). The Morgan fingerprint density at radius 2 is 2.14 bits per heavy atom. The molecule has 0 aliphatic carbocycles. The molecule has 0 spiro atoms. The maximum atomic E-state index is 11.0. The molecule has 0 aromatic heterocycles. The van der Waals surface area contributed by atoms with Gasteiger partial charge in [-0.2, -0.15) is 0 Å². The van der Waals surface area contributed by atoms with Crippen molar-refractivity contribution in [2.24, 2.45) is 0 Å². The van der Waals surface area contributed by atoms with Crippen molar-refractivity contribution in [2.75, 3.05) is 19.6 Å². The molecule has 0 saturated heterocycles. The summed E-state index contributed by atoms with van der Waals surface area (Å²) < 4.78 is 0. The minimum atomic E-state index is -0.00403. The lowest BCUT2D eigenvalue weighted by molar-refractivity contribution is -0.129. The zero-order valence-corrected chi connectivity index (χ0v) is 8.88. The van der Waals surface area contributed by atoms with E-state index in [9.17, 15) is 9.59 Å². The smallest absolute Gasteiger partial charge is 0.219 e. The second-order valence-electron chi connectivity index (χ2n) is 2.96. The van der Waals surface area contributed by atoms with Crippen LogP contribution in [0.25, 0.3) is 0 Å². The summed E-state index contributed by atoms with van der Waals surface area (Å²) in [5.41, 5.74) is 0. The molecule has 0 saturated carbocycles. The van der Waals surface area contributed by atoms with Gasteiger partial charge in [0.15, 0.2) is 0 Å². The predicted octanol–water partition coefficient (Wildman–Crippen LogP) is 0.547. The number of hydrogen-bond donors (Lipinski definition) is 1. The van der Waals surface area contributed by atoms with Gasteiger partial charge in [-0.3, -0.25) is 9.59 Å². The molecule has 0 aromatic carbocycles. The van der Waals surface area contributed by atoms with Crippen LogP contribution in [0.15, 0.2) is 12.7 Å². The lowest BCUT2D eigenvalue weighted by Gasteiger charge is -2.19. The average molecular weight is 198 g/mol. The van der Waals surface area contributed by atoms with E-state index in [1.807, 2.05) is 0 Å². The molecule has 0 unspecified atom stereocenters. The molecule has 0 aliphatic rings. The molecule has 4 heteroatoms. The first-order valence-corrected chi connectivity index (χ1v) is 4.75. The number of carbonyl (C=O) groups excluding carboxylic acids is 2. The summed E-state index contributed by atoms with van der Waals surface area (Å²) >= 11 is 0. The molecule has 0 fully saturated rings. The highest BCUT2D eigenvalue weighted by Gasteiger charge is 2.05. The van der Waals surface area contributed by atoms with Crippen molar-refractivity contribution in [3.8, 4) is 0 Å². The van der Waals surface area contributed by atoms with Crippen LogP contribution < -0.4 is 5.32 Å². The predicted molar refractivity (Wildman–Crippen MR) is 55.8 cm³/mol. The van der Waals surface area contributed by atoms with Crippen LogP contribution in [0.2, 0.25) is 0 Å². The summed E-state index contributed by atoms with van der Waals surface area (Å²) in [6, 6.07) is 0. The van der Waals surface area contributed by atoms with Crippen molar-refractivity contribution in [3.63, 3.8) is 0 Å². The second kappa shape index (κ2) is 7.12. The van der Waals surface area contributed by atoms with Crippen LogP contribution >= 0.6 is 0 Å². The Morgan fingerprint density at radius 1 is 1.50 bits per heavy atom. The molecule has 2 amide bonds. The Morgan fingerprint density at radius 3 is 2.57 bits per heavy atom. The fourth-order valence-electron chi connectivity index (χ4n) is 0.988. The lowest BCUT2D eigenvalue weighted by Crippen LogP contribution is -2.37. The zero-order chi connectivity index (χ0) is 11.0. The fourth-order valence-corrected chi connectivity index (χ4v) is 0.988. The Labute approximate surface area is 85.0 Å². The van der Waals surface area contributed by atoms with Crippen LogP contribution in [0.3, 0.4) is 0 Å². The van der Waals surface area contributed by atoms with Gasteiger partial charge in [-0.1, -0.05) is 13.0 Å². The molecule has 0 atom stereocenters. The SMILES string of the molecule is C=CCN(CCNC(=O)CC)C(C)=O. The van der Waals surface area contributed by atoms with Gasteiger partial charge in [0, 0.05) is 33.0 Å². The maximum absolute atomic E-state index is 11.0. The van der Waals surface area contributed by atoms with E-state index in [4.69, 9.17) is 0 Å². The van der Waals surface area contributed by atoms with E-state index in [0.717, 1.165) is 0 Å². The van der Waals surface area contributed by atoms with Crippen LogP contribution in [0, 0.1) is 0 Å². The first-order valence-electron chi connectivity index (χ1n) is 4.75. The fraction of sp³-hybridized carbons (Fsp3) is 0.600. The number of rotatable bonds is 6. The van der Waals surface area contributed by atoms with Gasteiger partial charge >= 0.3 is 0 Å². The van der Waals surface area contributed by atoms with Gasteiger partial charge in [0.05, 0.1) is 0 Å². The minimum Gasteiger partial charge on any atom is -0.354 e. The summed E-state index contributed by atoms with van der Waals surface area (Å²) in [7, 11) is 0. The van der Waals surface area contributed by atoms with E-state index in [1.165, 1.54) is 6.92 Å². The maximum Gasteiger partial charge on any atom is 0.219 e. The largest absolute Gasteiger partial charge is 0.354 e. The number of amides is 2. The monoisotopic (exact) mass is 198 g/mol. The van der Waals surface area contributed by atoms with E-state index >= 15 is 0 Å². The van der Waals surface area contributed by atoms with Gasteiger partial charge in [0.25, 0.3) is 0 Å². The third kappa shape index (κ3) is 5.35. The van der Waals surface area contributed by atoms with Crippen molar-refractivity contribution < 1.29 is 9.59 Å². The van der Waals surface area contributed by atoms with Crippen LogP contribution in [0.4, 0.5) is 0 Å². The highest BCUT2D eigenvalue weighted by Crippen LogP contribution is 1.88. The third-order valence-corrected chi connectivity index (χ3v) is 1.82. The van der Waals surface area contributed by atoms with Crippen LogP contribution in [-0.2, 0) is 9.59 Å². The summed E-state index contributed by atoms with van der Waals surface area (Å²) in [6.45, 7) is 8.42. The van der Waals surface area contributed by atoms with Crippen LogP contribution in [0.1, 0.15) is 20.3 Å². The summed E-state index contributed by atoms with van der Waals surface area (Å²) in [5, 5.41) is 2.71. The van der Waals surface area contributed by atoms with Gasteiger partial charge in [0.1, 0.15) is 0 Å². The lowest BCUT2D eigenvalue weighted by atomic mass is 10.4. The topological polar surface area (TPSA) is 49.4 Å². The third-order valence-electron chi connectivity index (χ3n) is 1.82. The van der Waals surface area contributed by atoms with E-state index in [1.54, 1.807) is 17.9 Å². The van der Waals surface area contributed by atoms with Crippen LogP contribution in [-0.4, -0.2) is 36.3 Å². The van der Waals surface area contributed by atoms with Crippen molar-refractivity contribution in [3.05, 3.63) is 12.7 Å².